The van der Waals surface area contributed by atoms with Crippen molar-refractivity contribution in [2.75, 3.05) is 10.6 Å². The summed E-state index contributed by atoms with van der Waals surface area (Å²) in [6.07, 6.45) is -0.982. The Labute approximate surface area is 148 Å². The molecule has 2 heterocycles. The van der Waals surface area contributed by atoms with Crippen molar-refractivity contribution >= 4 is 17.5 Å². The van der Waals surface area contributed by atoms with E-state index in [9.17, 15) is 13.2 Å². The molecular weight excluding hydrogens is 343 g/mol. The maximum Gasteiger partial charge on any atom is 0.416 e. The number of hydrogen-bond donors (Lipinski definition) is 2. The zero-order valence-electron chi connectivity index (χ0n) is 13.9. The van der Waals surface area contributed by atoms with Crippen LogP contribution in [0.1, 0.15) is 16.8 Å². The van der Waals surface area contributed by atoms with E-state index in [1.54, 1.807) is 31.5 Å². The van der Waals surface area contributed by atoms with Gasteiger partial charge in [-0.05, 0) is 36.8 Å². The third-order valence-corrected chi connectivity index (χ3v) is 3.49. The van der Waals surface area contributed by atoms with E-state index in [2.05, 4.69) is 25.6 Å². The SMILES string of the molecule is Cc1cc(Nc2cccc(C(F)(F)F)c2)nc(NCc2cccnc2)n1. The minimum atomic E-state index is -4.39. The average Bonchev–Trinajstić information content (AvgIpc) is 2.60. The van der Waals surface area contributed by atoms with Crippen molar-refractivity contribution in [3.8, 4) is 0 Å². The quantitative estimate of drug-likeness (QED) is 0.699. The molecule has 5 nitrogen and oxygen atoms in total. The highest BCUT2D eigenvalue weighted by atomic mass is 19.4. The monoisotopic (exact) mass is 359 g/mol. The van der Waals surface area contributed by atoms with Crippen LogP contribution in [0.3, 0.4) is 0 Å². The fraction of sp³-hybridized carbons (Fsp3) is 0.167. The van der Waals surface area contributed by atoms with Crippen molar-refractivity contribution < 1.29 is 13.2 Å². The number of rotatable bonds is 5. The van der Waals surface area contributed by atoms with E-state index in [1.807, 2.05) is 12.1 Å². The van der Waals surface area contributed by atoms with Crippen molar-refractivity contribution in [3.05, 3.63) is 71.7 Å². The zero-order valence-corrected chi connectivity index (χ0v) is 13.9. The van der Waals surface area contributed by atoms with Crippen molar-refractivity contribution in [2.24, 2.45) is 0 Å². The molecule has 0 radical (unpaired) electrons. The van der Waals surface area contributed by atoms with Crippen LogP contribution in [0.2, 0.25) is 0 Å². The molecule has 8 heteroatoms. The molecule has 2 aromatic heterocycles. The zero-order chi connectivity index (χ0) is 18.6. The van der Waals surface area contributed by atoms with Gasteiger partial charge in [0.1, 0.15) is 5.82 Å². The Balaban J connectivity index is 1.75. The predicted octanol–water partition coefficient (Wildman–Crippen LogP) is 4.55. The molecule has 0 aliphatic carbocycles. The molecule has 0 amide bonds. The number of aryl methyl sites for hydroxylation is 1. The van der Waals surface area contributed by atoms with E-state index < -0.39 is 11.7 Å². The van der Waals surface area contributed by atoms with Gasteiger partial charge in [-0.2, -0.15) is 18.2 Å². The Morgan fingerprint density at radius 1 is 1.04 bits per heavy atom. The maximum atomic E-state index is 12.8. The van der Waals surface area contributed by atoms with Crippen molar-refractivity contribution in [1.29, 1.82) is 0 Å². The van der Waals surface area contributed by atoms with Crippen LogP contribution in [0.25, 0.3) is 0 Å². The second-order valence-electron chi connectivity index (χ2n) is 5.64. The van der Waals surface area contributed by atoms with Gasteiger partial charge >= 0.3 is 6.18 Å². The first kappa shape index (κ1) is 17.7. The third kappa shape index (κ3) is 4.69. The van der Waals surface area contributed by atoms with Gasteiger partial charge in [0.2, 0.25) is 5.95 Å². The lowest BCUT2D eigenvalue weighted by molar-refractivity contribution is -0.137. The summed E-state index contributed by atoms with van der Waals surface area (Å²) >= 11 is 0. The Morgan fingerprint density at radius 3 is 2.62 bits per heavy atom. The fourth-order valence-electron chi connectivity index (χ4n) is 2.32. The van der Waals surface area contributed by atoms with E-state index in [1.165, 1.54) is 6.07 Å². The molecule has 26 heavy (non-hydrogen) atoms. The average molecular weight is 359 g/mol. The van der Waals surface area contributed by atoms with Gasteiger partial charge in [0.25, 0.3) is 0 Å². The Hall–Kier alpha value is -3.16. The summed E-state index contributed by atoms with van der Waals surface area (Å²) in [6.45, 7) is 2.27. The summed E-state index contributed by atoms with van der Waals surface area (Å²) in [7, 11) is 0. The van der Waals surface area contributed by atoms with Crippen LogP contribution in [0.5, 0.6) is 0 Å². The first-order chi connectivity index (χ1) is 12.4. The number of pyridine rings is 1. The topological polar surface area (TPSA) is 62.7 Å². The van der Waals surface area contributed by atoms with Crippen molar-refractivity contribution in [2.45, 2.75) is 19.6 Å². The molecule has 3 aromatic rings. The van der Waals surface area contributed by atoms with Crippen LogP contribution in [0.15, 0.2) is 54.9 Å². The fourth-order valence-corrected chi connectivity index (χ4v) is 2.32. The van der Waals surface area contributed by atoms with Gasteiger partial charge in [-0.1, -0.05) is 12.1 Å². The lowest BCUT2D eigenvalue weighted by atomic mass is 10.2. The van der Waals surface area contributed by atoms with Gasteiger partial charge < -0.3 is 10.6 Å². The van der Waals surface area contributed by atoms with Gasteiger partial charge in [-0.25, -0.2) is 4.98 Å². The normalized spacial score (nSPS) is 11.2. The molecule has 0 saturated carbocycles. The third-order valence-electron chi connectivity index (χ3n) is 3.49. The lowest BCUT2D eigenvalue weighted by Gasteiger charge is -2.12. The van der Waals surface area contributed by atoms with E-state index in [4.69, 9.17) is 0 Å². The first-order valence-corrected chi connectivity index (χ1v) is 7.83. The second kappa shape index (κ2) is 7.38. The van der Waals surface area contributed by atoms with E-state index in [-0.39, 0.29) is 0 Å². The number of benzene rings is 1. The molecule has 0 fully saturated rings. The summed E-state index contributed by atoms with van der Waals surface area (Å²) in [5, 5.41) is 5.97. The van der Waals surface area contributed by atoms with Crippen LogP contribution in [-0.2, 0) is 12.7 Å². The number of halogens is 3. The maximum absolute atomic E-state index is 12.8. The number of aromatic nitrogens is 3. The van der Waals surface area contributed by atoms with Crippen LogP contribution >= 0.6 is 0 Å². The molecule has 0 spiro atoms. The van der Waals surface area contributed by atoms with Gasteiger partial charge in [0.05, 0.1) is 5.56 Å². The summed E-state index contributed by atoms with van der Waals surface area (Å²) in [5.41, 5.74) is 1.23. The molecule has 0 unspecified atom stereocenters. The molecule has 0 aliphatic heterocycles. The van der Waals surface area contributed by atoms with Gasteiger partial charge in [0.15, 0.2) is 0 Å². The van der Waals surface area contributed by atoms with Crippen LogP contribution in [-0.4, -0.2) is 15.0 Å². The molecule has 1 aromatic carbocycles. The minimum Gasteiger partial charge on any atom is -0.350 e. The van der Waals surface area contributed by atoms with Crippen molar-refractivity contribution in [1.82, 2.24) is 15.0 Å². The number of alkyl halides is 3. The molecule has 2 N–H and O–H groups in total. The van der Waals surface area contributed by atoms with E-state index >= 15 is 0 Å². The van der Waals surface area contributed by atoms with Crippen LogP contribution < -0.4 is 10.6 Å². The van der Waals surface area contributed by atoms with E-state index in [0.29, 0.717) is 29.7 Å². The van der Waals surface area contributed by atoms with Crippen LogP contribution in [0.4, 0.5) is 30.6 Å². The Morgan fingerprint density at radius 2 is 1.88 bits per heavy atom. The number of hydrogen-bond acceptors (Lipinski definition) is 5. The molecule has 3 rings (SSSR count). The van der Waals surface area contributed by atoms with E-state index in [0.717, 1.165) is 17.7 Å². The molecule has 0 bridgehead atoms. The molecule has 134 valence electrons. The standard InChI is InChI=1S/C18H16F3N5/c1-12-8-16(25-15-6-2-5-14(9-15)18(19,20)21)26-17(24-12)23-11-13-4-3-7-22-10-13/h2-10H,11H2,1H3,(H2,23,24,25,26). The van der Waals surface area contributed by atoms with Gasteiger partial charge in [-0.3, -0.25) is 4.98 Å². The second-order valence-corrected chi connectivity index (χ2v) is 5.64. The predicted molar refractivity (Wildman–Crippen MR) is 93.1 cm³/mol. The number of nitrogens with one attached hydrogen (secondary N) is 2. The molecular formula is C18H16F3N5. The van der Waals surface area contributed by atoms with Crippen molar-refractivity contribution in [3.63, 3.8) is 0 Å². The van der Waals surface area contributed by atoms with Crippen LogP contribution in [0, 0.1) is 6.92 Å². The smallest absolute Gasteiger partial charge is 0.350 e. The summed E-state index contributed by atoms with van der Waals surface area (Å²) in [5.74, 6) is 0.786. The summed E-state index contributed by atoms with van der Waals surface area (Å²) in [4.78, 5) is 12.6. The van der Waals surface area contributed by atoms with Gasteiger partial charge in [-0.15, -0.1) is 0 Å². The molecule has 0 aliphatic rings. The first-order valence-electron chi connectivity index (χ1n) is 7.83. The largest absolute Gasteiger partial charge is 0.416 e. The van der Waals surface area contributed by atoms with Gasteiger partial charge in [0, 0.05) is 36.4 Å². The lowest BCUT2D eigenvalue weighted by Crippen LogP contribution is -2.07. The number of nitrogens with zero attached hydrogens (tertiary/aromatic N) is 3. The highest BCUT2D eigenvalue weighted by Gasteiger charge is 2.30. The highest BCUT2D eigenvalue weighted by Crippen LogP contribution is 2.31. The summed E-state index contributed by atoms with van der Waals surface area (Å²) in [6, 6.07) is 10.4. The summed E-state index contributed by atoms with van der Waals surface area (Å²) < 4.78 is 38.5. The Bertz CT molecular complexity index is 881. The highest BCUT2D eigenvalue weighted by molar-refractivity contribution is 5.58. The number of anilines is 3. The molecule has 0 saturated heterocycles. The molecule has 0 atom stereocenters. The minimum absolute atomic E-state index is 0.302. The Kier molecular flexibility index (Phi) is 5.01.